The number of aryl methyl sites for hydroxylation is 1. The number of amides is 2. The van der Waals surface area contributed by atoms with E-state index in [0.717, 1.165) is 24.9 Å². The van der Waals surface area contributed by atoms with Crippen LogP contribution in [-0.2, 0) is 17.6 Å². The second kappa shape index (κ2) is 6.27. The van der Waals surface area contributed by atoms with Gasteiger partial charge in [0.15, 0.2) is 0 Å². The average molecular weight is 332 g/mol. The Morgan fingerprint density at radius 1 is 1.13 bits per heavy atom. The van der Waals surface area contributed by atoms with E-state index < -0.39 is 0 Å². The topological polar surface area (TPSA) is 40.6 Å². The fraction of sp³-hybridized carbons (Fsp3) is 0.667. The van der Waals surface area contributed by atoms with Gasteiger partial charge in [0.25, 0.3) is 5.91 Å². The van der Waals surface area contributed by atoms with Crippen LogP contribution >= 0.6 is 11.3 Å². The molecule has 2 fully saturated rings. The second-order valence-electron chi connectivity index (χ2n) is 7.08. The Morgan fingerprint density at radius 2 is 1.96 bits per heavy atom. The normalized spacial score (nSPS) is 22.0. The van der Waals surface area contributed by atoms with Crippen molar-refractivity contribution in [2.24, 2.45) is 5.92 Å². The number of carbonyl (C=O) groups is 2. The zero-order valence-electron chi connectivity index (χ0n) is 13.6. The van der Waals surface area contributed by atoms with Crippen LogP contribution in [-0.4, -0.2) is 47.8 Å². The molecular weight excluding hydrogens is 308 g/mol. The van der Waals surface area contributed by atoms with Crippen molar-refractivity contribution in [3.8, 4) is 0 Å². The molecule has 3 aliphatic rings. The Labute approximate surface area is 141 Å². The number of hydrogen-bond donors (Lipinski definition) is 0. The Morgan fingerprint density at radius 3 is 2.78 bits per heavy atom. The lowest BCUT2D eigenvalue weighted by Crippen LogP contribution is -2.37. The van der Waals surface area contributed by atoms with Crippen LogP contribution in [0.15, 0.2) is 5.38 Å². The first-order valence-corrected chi connectivity index (χ1v) is 9.76. The zero-order chi connectivity index (χ0) is 15.8. The summed E-state index contributed by atoms with van der Waals surface area (Å²) >= 11 is 1.74. The van der Waals surface area contributed by atoms with E-state index in [2.05, 4.69) is 0 Å². The number of fused-ring (bicyclic) bond motifs is 1. The largest absolute Gasteiger partial charge is 0.341 e. The van der Waals surface area contributed by atoms with E-state index in [9.17, 15) is 9.59 Å². The summed E-state index contributed by atoms with van der Waals surface area (Å²) in [7, 11) is 0. The van der Waals surface area contributed by atoms with E-state index in [1.165, 1.54) is 36.1 Å². The first-order valence-electron chi connectivity index (χ1n) is 8.88. The second-order valence-corrected chi connectivity index (χ2v) is 8.05. The number of carbonyl (C=O) groups excluding carboxylic acids is 2. The van der Waals surface area contributed by atoms with Crippen molar-refractivity contribution in [1.82, 2.24) is 9.80 Å². The van der Waals surface area contributed by atoms with Gasteiger partial charge in [0.2, 0.25) is 5.91 Å². The maximum atomic E-state index is 12.9. The quantitative estimate of drug-likeness (QED) is 0.854. The molecule has 0 radical (unpaired) electrons. The summed E-state index contributed by atoms with van der Waals surface area (Å²) in [6.07, 6.45) is 7.60. The van der Waals surface area contributed by atoms with Crippen LogP contribution in [0.5, 0.6) is 0 Å². The zero-order valence-corrected chi connectivity index (χ0v) is 14.4. The molecular formula is C18H24N2O2S. The van der Waals surface area contributed by atoms with Gasteiger partial charge < -0.3 is 9.80 Å². The van der Waals surface area contributed by atoms with Gasteiger partial charge >= 0.3 is 0 Å². The fourth-order valence-corrected chi connectivity index (χ4v) is 4.84. The van der Waals surface area contributed by atoms with Gasteiger partial charge in [-0.15, -0.1) is 11.3 Å². The van der Waals surface area contributed by atoms with Crippen molar-refractivity contribution in [3.63, 3.8) is 0 Å². The van der Waals surface area contributed by atoms with Gasteiger partial charge in [-0.05, 0) is 50.0 Å². The van der Waals surface area contributed by atoms with Gasteiger partial charge in [-0.25, -0.2) is 0 Å². The number of nitrogens with zero attached hydrogens (tertiary/aromatic N) is 2. The van der Waals surface area contributed by atoms with Gasteiger partial charge in [-0.3, -0.25) is 9.59 Å². The minimum atomic E-state index is 0.144. The van der Waals surface area contributed by atoms with Crippen molar-refractivity contribution in [2.75, 3.05) is 26.2 Å². The lowest BCUT2D eigenvalue weighted by atomic mass is 9.95. The Bertz CT molecular complexity index is 621. The monoisotopic (exact) mass is 332 g/mol. The van der Waals surface area contributed by atoms with Crippen molar-refractivity contribution in [3.05, 3.63) is 21.4 Å². The van der Waals surface area contributed by atoms with Crippen LogP contribution in [0, 0.1) is 5.92 Å². The van der Waals surface area contributed by atoms with E-state index in [0.29, 0.717) is 32.0 Å². The molecule has 4 rings (SSSR count). The maximum Gasteiger partial charge on any atom is 0.255 e. The summed E-state index contributed by atoms with van der Waals surface area (Å²) in [6.45, 7) is 2.85. The van der Waals surface area contributed by atoms with Crippen LogP contribution in [0.25, 0.3) is 0 Å². The molecule has 2 amide bonds. The molecule has 1 aromatic heterocycles. The highest BCUT2D eigenvalue weighted by Gasteiger charge is 2.31. The molecule has 5 heteroatoms. The molecule has 0 aromatic carbocycles. The predicted octanol–water partition coefficient (Wildman–Crippen LogP) is 2.71. The molecule has 2 aliphatic carbocycles. The van der Waals surface area contributed by atoms with Crippen LogP contribution < -0.4 is 0 Å². The number of rotatable bonds is 3. The van der Waals surface area contributed by atoms with Gasteiger partial charge in [0, 0.05) is 42.9 Å². The molecule has 1 saturated heterocycles. The number of thiophene rings is 1. The molecule has 0 N–H and O–H groups in total. The molecule has 1 aliphatic heterocycles. The summed E-state index contributed by atoms with van der Waals surface area (Å²) in [4.78, 5) is 30.5. The van der Waals surface area contributed by atoms with Crippen molar-refractivity contribution in [2.45, 2.75) is 44.9 Å². The molecule has 0 atom stereocenters. The van der Waals surface area contributed by atoms with Crippen molar-refractivity contribution >= 4 is 23.2 Å². The van der Waals surface area contributed by atoms with Crippen LogP contribution in [0.3, 0.4) is 0 Å². The van der Waals surface area contributed by atoms with Crippen LogP contribution in [0.4, 0.5) is 0 Å². The summed E-state index contributed by atoms with van der Waals surface area (Å²) in [5.41, 5.74) is 2.20. The average Bonchev–Trinajstić information content (AvgIpc) is 3.31. The molecule has 1 saturated carbocycles. The van der Waals surface area contributed by atoms with E-state index in [-0.39, 0.29) is 11.8 Å². The Hall–Kier alpha value is -1.36. The lowest BCUT2D eigenvalue weighted by Gasteiger charge is -2.23. The van der Waals surface area contributed by atoms with Crippen molar-refractivity contribution in [1.29, 1.82) is 0 Å². The summed E-state index contributed by atoms with van der Waals surface area (Å²) < 4.78 is 0. The first kappa shape index (κ1) is 15.2. The molecule has 0 spiro atoms. The molecule has 124 valence electrons. The van der Waals surface area contributed by atoms with E-state index in [1.54, 1.807) is 11.3 Å². The maximum absolute atomic E-state index is 12.9. The predicted molar refractivity (Wildman–Crippen MR) is 90.8 cm³/mol. The van der Waals surface area contributed by atoms with Gasteiger partial charge in [0.1, 0.15) is 0 Å². The van der Waals surface area contributed by atoms with Crippen LogP contribution in [0.1, 0.15) is 52.9 Å². The molecule has 0 unspecified atom stereocenters. The molecule has 2 heterocycles. The van der Waals surface area contributed by atoms with Gasteiger partial charge in [0.05, 0.1) is 5.56 Å². The van der Waals surface area contributed by atoms with E-state index in [1.807, 2.05) is 15.2 Å². The van der Waals surface area contributed by atoms with Crippen LogP contribution in [0.2, 0.25) is 0 Å². The Balaban J connectivity index is 1.46. The minimum absolute atomic E-state index is 0.144. The smallest absolute Gasteiger partial charge is 0.255 e. The minimum Gasteiger partial charge on any atom is -0.341 e. The first-order chi connectivity index (χ1) is 11.2. The van der Waals surface area contributed by atoms with Gasteiger partial charge in [-0.1, -0.05) is 0 Å². The van der Waals surface area contributed by atoms with E-state index in [4.69, 9.17) is 0 Å². The third-order valence-electron chi connectivity index (χ3n) is 5.34. The molecule has 4 nitrogen and oxygen atoms in total. The Kier molecular flexibility index (Phi) is 4.14. The summed E-state index contributed by atoms with van der Waals surface area (Å²) in [6, 6.07) is 0. The standard InChI is InChI=1S/C18H24N2O2S/c21-17-7-8-19(9-10-20(17)11-13-5-6-13)18(22)15-12-23-16-4-2-1-3-14(15)16/h12-13H,1-11H2. The fourth-order valence-electron chi connectivity index (χ4n) is 3.72. The third kappa shape index (κ3) is 3.16. The SMILES string of the molecule is O=C1CCN(C(=O)c2csc3c2CCCC3)CCN1CC1CC1. The van der Waals surface area contributed by atoms with Gasteiger partial charge in [-0.2, -0.15) is 0 Å². The molecule has 0 bridgehead atoms. The third-order valence-corrected chi connectivity index (χ3v) is 6.43. The summed E-state index contributed by atoms with van der Waals surface area (Å²) in [5.74, 6) is 1.08. The highest BCUT2D eigenvalue weighted by Crippen LogP contribution is 2.32. The summed E-state index contributed by atoms with van der Waals surface area (Å²) in [5, 5.41) is 2.05. The molecule has 23 heavy (non-hydrogen) atoms. The van der Waals surface area contributed by atoms with Crippen molar-refractivity contribution < 1.29 is 9.59 Å². The molecule has 1 aromatic rings. The van der Waals surface area contributed by atoms with E-state index >= 15 is 0 Å². The lowest BCUT2D eigenvalue weighted by molar-refractivity contribution is -0.130. The number of hydrogen-bond acceptors (Lipinski definition) is 3. The highest BCUT2D eigenvalue weighted by molar-refractivity contribution is 7.10. The highest BCUT2D eigenvalue weighted by atomic mass is 32.1.